The second-order valence-electron chi connectivity index (χ2n) is 4.08. The predicted molar refractivity (Wildman–Crippen MR) is 74.4 cm³/mol. The summed E-state index contributed by atoms with van der Waals surface area (Å²) in [6.45, 7) is 0. The molecule has 18 heavy (non-hydrogen) atoms. The van der Waals surface area contributed by atoms with Crippen molar-refractivity contribution in [1.29, 1.82) is 0 Å². The first-order chi connectivity index (χ1) is 8.58. The largest absolute Gasteiger partial charge is 0.399 e. The van der Waals surface area contributed by atoms with E-state index in [1.165, 1.54) is 0 Å². The SMILES string of the molecule is CN(C(=O)c1cccc(N)c1)c1ccc(N)cc1. The Balaban J connectivity index is 2.26. The number of nitrogens with zero attached hydrogens (tertiary/aromatic N) is 1. The van der Waals surface area contributed by atoms with Crippen molar-refractivity contribution in [3.8, 4) is 0 Å². The minimum atomic E-state index is -0.105. The zero-order chi connectivity index (χ0) is 13.1. The summed E-state index contributed by atoms with van der Waals surface area (Å²) in [5, 5.41) is 0. The smallest absolute Gasteiger partial charge is 0.258 e. The second-order valence-corrected chi connectivity index (χ2v) is 4.08. The summed E-state index contributed by atoms with van der Waals surface area (Å²) in [6.07, 6.45) is 0. The maximum atomic E-state index is 12.2. The Kier molecular flexibility index (Phi) is 3.19. The van der Waals surface area contributed by atoms with Gasteiger partial charge in [-0.15, -0.1) is 0 Å². The molecular formula is C14H15N3O. The summed E-state index contributed by atoms with van der Waals surface area (Å²) in [7, 11) is 1.72. The molecule has 4 heteroatoms. The molecular weight excluding hydrogens is 226 g/mol. The minimum Gasteiger partial charge on any atom is -0.399 e. The molecule has 0 aromatic heterocycles. The molecule has 0 radical (unpaired) electrons. The van der Waals surface area contributed by atoms with E-state index in [1.54, 1.807) is 60.5 Å². The third kappa shape index (κ3) is 2.43. The molecule has 1 amide bonds. The molecule has 2 aromatic carbocycles. The Labute approximate surface area is 106 Å². The number of nitrogen functional groups attached to an aromatic ring is 2. The average Bonchev–Trinajstić information content (AvgIpc) is 2.38. The molecule has 2 rings (SSSR count). The highest BCUT2D eigenvalue weighted by atomic mass is 16.2. The van der Waals surface area contributed by atoms with Crippen LogP contribution in [0.4, 0.5) is 17.1 Å². The number of rotatable bonds is 2. The first-order valence-corrected chi connectivity index (χ1v) is 5.57. The molecule has 0 heterocycles. The van der Waals surface area contributed by atoms with Gasteiger partial charge in [0.1, 0.15) is 0 Å². The van der Waals surface area contributed by atoms with Gasteiger partial charge in [-0.2, -0.15) is 0 Å². The number of benzene rings is 2. The van der Waals surface area contributed by atoms with Crippen molar-refractivity contribution in [2.75, 3.05) is 23.4 Å². The fourth-order valence-electron chi connectivity index (χ4n) is 1.68. The topological polar surface area (TPSA) is 72.3 Å². The lowest BCUT2D eigenvalue weighted by Gasteiger charge is -2.17. The van der Waals surface area contributed by atoms with Crippen LogP contribution in [0.1, 0.15) is 10.4 Å². The lowest BCUT2D eigenvalue weighted by atomic mass is 10.1. The predicted octanol–water partition coefficient (Wildman–Crippen LogP) is 2.13. The zero-order valence-electron chi connectivity index (χ0n) is 10.1. The number of anilines is 3. The third-order valence-electron chi connectivity index (χ3n) is 2.72. The quantitative estimate of drug-likeness (QED) is 0.791. The monoisotopic (exact) mass is 241 g/mol. The van der Waals surface area contributed by atoms with Crippen molar-refractivity contribution in [2.24, 2.45) is 0 Å². The van der Waals surface area contributed by atoms with E-state index >= 15 is 0 Å². The molecule has 4 nitrogen and oxygen atoms in total. The van der Waals surface area contributed by atoms with Crippen LogP contribution >= 0.6 is 0 Å². The molecule has 0 atom stereocenters. The van der Waals surface area contributed by atoms with Gasteiger partial charge in [0, 0.05) is 29.7 Å². The van der Waals surface area contributed by atoms with Gasteiger partial charge in [0.25, 0.3) is 5.91 Å². The van der Waals surface area contributed by atoms with Gasteiger partial charge in [-0.25, -0.2) is 0 Å². The van der Waals surface area contributed by atoms with Crippen molar-refractivity contribution in [2.45, 2.75) is 0 Å². The molecule has 0 bridgehead atoms. The van der Waals surface area contributed by atoms with Crippen molar-refractivity contribution in [1.82, 2.24) is 0 Å². The van der Waals surface area contributed by atoms with Crippen molar-refractivity contribution < 1.29 is 4.79 Å². The van der Waals surface area contributed by atoms with Gasteiger partial charge in [0.15, 0.2) is 0 Å². The number of nitrogens with two attached hydrogens (primary N) is 2. The fraction of sp³-hybridized carbons (Fsp3) is 0.0714. The van der Waals surface area contributed by atoms with Gasteiger partial charge in [-0.3, -0.25) is 4.79 Å². The van der Waals surface area contributed by atoms with E-state index in [0.717, 1.165) is 5.69 Å². The Hall–Kier alpha value is -2.49. The van der Waals surface area contributed by atoms with Gasteiger partial charge in [0.2, 0.25) is 0 Å². The van der Waals surface area contributed by atoms with Crippen molar-refractivity contribution in [3.63, 3.8) is 0 Å². The molecule has 4 N–H and O–H groups in total. The van der Waals surface area contributed by atoms with Crippen LogP contribution < -0.4 is 16.4 Å². The highest BCUT2D eigenvalue weighted by molar-refractivity contribution is 6.06. The van der Waals surface area contributed by atoms with Crippen LogP contribution in [0.25, 0.3) is 0 Å². The number of amides is 1. The van der Waals surface area contributed by atoms with Gasteiger partial charge in [-0.05, 0) is 42.5 Å². The lowest BCUT2D eigenvalue weighted by molar-refractivity contribution is 0.0993. The molecule has 0 aliphatic heterocycles. The summed E-state index contributed by atoms with van der Waals surface area (Å²) in [5.41, 5.74) is 13.9. The molecule has 0 aliphatic rings. The molecule has 2 aromatic rings. The molecule has 0 aliphatic carbocycles. The number of hydrogen-bond donors (Lipinski definition) is 2. The molecule has 0 saturated heterocycles. The van der Waals surface area contributed by atoms with E-state index in [9.17, 15) is 4.79 Å². The fourth-order valence-corrected chi connectivity index (χ4v) is 1.68. The Morgan fingerprint density at radius 1 is 1.00 bits per heavy atom. The van der Waals surface area contributed by atoms with Gasteiger partial charge >= 0.3 is 0 Å². The standard InChI is InChI=1S/C14H15N3O/c1-17(13-7-5-11(15)6-8-13)14(18)10-3-2-4-12(16)9-10/h2-9H,15-16H2,1H3. The normalized spacial score (nSPS) is 10.1. The minimum absolute atomic E-state index is 0.105. The summed E-state index contributed by atoms with van der Waals surface area (Å²) in [6, 6.07) is 14.1. The van der Waals surface area contributed by atoms with Crippen molar-refractivity contribution in [3.05, 3.63) is 54.1 Å². The molecule has 0 saturated carbocycles. The molecule has 92 valence electrons. The summed E-state index contributed by atoms with van der Waals surface area (Å²) >= 11 is 0. The maximum Gasteiger partial charge on any atom is 0.258 e. The van der Waals surface area contributed by atoms with E-state index in [4.69, 9.17) is 11.5 Å². The van der Waals surface area contributed by atoms with E-state index in [0.29, 0.717) is 16.9 Å². The van der Waals surface area contributed by atoms with Gasteiger partial charge < -0.3 is 16.4 Å². The van der Waals surface area contributed by atoms with Crippen LogP contribution in [0.2, 0.25) is 0 Å². The highest BCUT2D eigenvalue weighted by Crippen LogP contribution is 2.18. The molecule has 0 fully saturated rings. The number of hydrogen-bond acceptors (Lipinski definition) is 3. The first kappa shape index (κ1) is 12.0. The van der Waals surface area contributed by atoms with E-state index in [-0.39, 0.29) is 5.91 Å². The summed E-state index contributed by atoms with van der Waals surface area (Å²) < 4.78 is 0. The first-order valence-electron chi connectivity index (χ1n) is 5.57. The third-order valence-corrected chi connectivity index (χ3v) is 2.72. The van der Waals surface area contributed by atoms with E-state index in [1.807, 2.05) is 0 Å². The Bertz CT molecular complexity index is 564. The van der Waals surface area contributed by atoms with Crippen LogP contribution in [-0.4, -0.2) is 13.0 Å². The van der Waals surface area contributed by atoms with E-state index in [2.05, 4.69) is 0 Å². The summed E-state index contributed by atoms with van der Waals surface area (Å²) in [4.78, 5) is 13.8. The maximum absolute atomic E-state index is 12.2. The zero-order valence-corrected chi connectivity index (χ0v) is 10.1. The lowest BCUT2D eigenvalue weighted by Crippen LogP contribution is -2.26. The molecule has 0 spiro atoms. The summed E-state index contributed by atoms with van der Waals surface area (Å²) in [5.74, 6) is -0.105. The average molecular weight is 241 g/mol. The molecule has 0 unspecified atom stereocenters. The number of carbonyl (C=O) groups is 1. The Morgan fingerprint density at radius 3 is 2.28 bits per heavy atom. The highest BCUT2D eigenvalue weighted by Gasteiger charge is 2.13. The van der Waals surface area contributed by atoms with E-state index < -0.39 is 0 Å². The van der Waals surface area contributed by atoms with Crippen LogP contribution in [0.3, 0.4) is 0 Å². The van der Waals surface area contributed by atoms with Crippen LogP contribution in [0.5, 0.6) is 0 Å². The van der Waals surface area contributed by atoms with Crippen molar-refractivity contribution >= 4 is 23.0 Å². The second kappa shape index (κ2) is 4.79. The Morgan fingerprint density at radius 2 is 1.67 bits per heavy atom. The van der Waals surface area contributed by atoms with Crippen LogP contribution in [0, 0.1) is 0 Å². The van der Waals surface area contributed by atoms with Crippen LogP contribution in [0.15, 0.2) is 48.5 Å². The van der Waals surface area contributed by atoms with Gasteiger partial charge in [-0.1, -0.05) is 6.07 Å². The number of carbonyl (C=O) groups excluding carboxylic acids is 1. The van der Waals surface area contributed by atoms with Crippen LogP contribution in [-0.2, 0) is 0 Å². The van der Waals surface area contributed by atoms with Gasteiger partial charge in [0.05, 0.1) is 0 Å².